The molecule has 5 rings (SSSR count). The molecule has 4 atom stereocenters. The number of rotatable bonds is 13. The molecule has 1 heterocycles. The molecule has 0 aliphatic carbocycles. The summed E-state index contributed by atoms with van der Waals surface area (Å²) in [6, 6.07) is 38.2. The van der Waals surface area contributed by atoms with E-state index in [1.165, 1.54) is 16.7 Å². The molecule has 0 spiro atoms. The maximum absolute atomic E-state index is 13.8. The lowest BCUT2D eigenvalue weighted by Gasteiger charge is -2.37. The molecule has 0 bridgehead atoms. The average molecular weight is 694 g/mol. The molecule has 0 saturated carbocycles. The first-order chi connectivity index (χ1) is 24.0. The highest BCUT2D eigenvalue weighted by Crippen LogP contribution is 2.52. The Morgan fingerprint density at radius 1 is 0.860 bits per heavy atom. The number of phenols is 1. The Bertz CT molecular complexity index is 1580. The van der Waals surface area contributed by atoms with E-state index in [1.54, 1.807) is 18.2 Å². The van der Waals surface area contributed by atoms with Crippen LogP contribution in [0.5, 0.6) is 5.75 Å². The van der Waals surface area contributed by atoms with Crippen molar-refractivity contribution in [1.82, 2.24) is 15.5 Å². The number of hydrogen-bond donors (Lipinski definition) is 3. The summed E-state index contributed by atoms with van der Waals surface area (Å²) in [5, 5.41) is 16.9. The van der Waals surface area contributed by atoms with Crippen LogP contribution in [0, 0.1) is 5.92 Å². The van der Waals surface area contributed by atoms with Crippen molar-refractivity contribution in [2.45, 2.75) is 81.7 Å². The fourth-order valence-corrected chi connectivity index (χ4v) is 8.54. The minimum Gasteiger partial charge on any atom is -0.508 e. The van der Waals surface area contributed by atoms with Gasteiger partial charge in [0.05, 0.1) is 10.8 Å². The standard InChI is InChI=1S/C42H51N3O4S/c1-6-30(2)38(39(47)44-27-31-18-16-17-25-37(31)46)43-28-35-26-36(29-45(35)40(48)49-41(3,4)5)50-42(32-19-10-7-11-20-32,33-21-12-8-13-22-33)34-23-14-9-15-24-34/h7-25,30,35-36,38,43,46H,6,26-29H2,1-5H3,(H,44,47)/t30-,35+,36+,38-/m0/s1. The van der Waals surface area contributed by atoms with E-state index in [0.717, 1.165) is 12.8 Å². The summed E-state index contributed by atoms with van der Waals surface area (Å²) < 4.78 is 5.42. The van der Waals surface area contributed by atoms with E-state index < -0.39 is 16.4 Å². The zero-order valence-electron chi connectivity index (χ0n) is 29.8. The van der Waals surface area contributed by atoms with E-state index >= 15 is 0 Å². The number of carbonyl (C=O) groups excluding carboxylic acids is 2. The molecule has 2 amide bonds. The Hall–Kier alpha value is -4.27. The monoisotopic (exact) mass is 693 g/mol. The first-order valence-electron chi connectivity index (χ1n) is 17.6. The molecule has 1 aliphatic heterocycles. The highest BCUT2D eigenvalue weighted by atomic mass is 32.2. The smallest absolute Gasteiger partial charge is 0.410 e. The van der Waals surface area contributed by atoms with E-state index in [0.29, 0.717) is 18.7 Å². The second kappa shape index (κ2) is 16.6. The molecule has 1 saturated heterocycles. The fraction of sp³-hybridized carbons (Fsp3) is 0.381. The van der Waals surface area contributed by atoms with Crippen LogP contribution in [0.15, 0.2) is 115 Å². The number of para-hydroxylation sites is 1. The van der Waals surface area contributed by atoms with Crippen molar-refractivity contribution in [3.63, 3.8) is 0 Å². The Labute approximate surface area is 301 Å². The largest absolute Gasteiger partial charge is 0.508 e. The molecule has 1 fully saturated rings. The predicted molar refractivity (Wildman–Crippen MR) is 203 cm³/mol. The van der Waals surface area contributed by atoms with Crippen LogP contribution in [-0.4, -0.2) is 58.0 Å². The van der Waals surface area contributed by atoms with E-state index in [9.17, 15) is 14.7 Å². The lowest BCUT2D eigenvalue weighted by molar-refractivity contribution is -0.124. The van der Waals surface area contributed by atoms with Gasteiger partial charge in [-0.2, -0.15) is 0 Å². The molecular formula is C42H51N3O4S. The lowest BCUT2D eigenvalue weighted by atomic mass is 9.84. The van der Waals surface area contributed by atoms with Crippen LogP contribution < -0.4 is 10.6 Å². The van der Waals surface area contributed by atoms with Gasteiger partial charge in [0, 0.05) is 36.5 Å². The molecule has 264 valence electrons. The number of phenolic OH excluding ortho intramolecular Hbond substituents is 1. The molecule has 50 heavy (non-hydrogen) atoms. The summed E-state index contributed by atoms with van der Waals surface area (Å²) in [6.45, 7) is 11.0. The zero-order valence-corrected chi connectivity index (χ0v) is 30.7. The van der Waals surface area contributed by atoms with Crippen molar-refractivity contribution >= 4 is 23.8 Å². The van der Waals surface area contributed by atoms with Crippen LogP contribution in [-0.2, 0) is 20.8 Å². The Balaban J connectivity index is 1.44. The van der Waals surface area contributed by atoms with E-state index in [4.69, 9.17) is 4.74 Å². The second-order valence-corrected chi connectivity index (χ2v) is 15.7. The van der Waals surface area contributed by atoms with Gasteiger partial charge >= 0.3 is 6.09 Å². The highest BCUT2D eigenvalue weighted by molar-refractivity contribution is 8.01. The van der Waals surface area contributed by atoms with Crippen molar-refractivity contribution in [3.8, 4) is 5.75 Å². The quantitative estimate of drug-likeness (QED) is 0.123. The number of nitrogens with one attached hydrogen (secondary N) is 2. The average Bonchev–Trinajstić information content (AvgIpc) is 3.53. The third-order valence-corrected chi connectivity index (χ3v) is 11.1. The maximum atomic E-state index is 13.8. The topological polar surface area (TPSA) is 90.9 Å². The Morgan fingerprint density at radius 3 is 1.88 bits per heavy atom. The van der Waals surface area contributed by atoms with Gasteiger partial charge < -0.3 is 25.4 Å². The summed E-state index contributed by atoms with van der Waals surface area (Å²) in [5.41, 5.74) is 3.53. The molecular weight excluding hydrogens is 643 g/mol. The van der Waals surface area contributed by atoms with Gasteiger partial charge in [0.25, 0.3) is 0 Å². The van der Waals surface area contributed by atoms with Gasteiger partial charge in [-0.25, -0.2) is 4.79 Å². The minimum atomic E-state index is -0.649. The minimum absolute atomic E-state index is 0.0443. The number of ether oxygens (including phenoxy) is 1. The van der Waals surface area contributed by atoms with Gasteiger partial charge in [0.1, 0.15) is 11.4 Å². The first-order valence-corrected chi connectivity index (χ1v) is 18.5. The van der Waals surface area contributed by atoms with Crippen LogP contribution in [0.3, 0.4) is 0 Å². The molecule has 4 aromatic carbocycles. The molecule has 0 radical (unpaired) electrons. The van der Waals surface area contributed by atoms with Crippen LogP contribution >= 0.6 is 11.8 Å². The van der Waals surface area contributed by atoms with Crippen molar-refractivity contribution in [2.24, 2.45) is 5.92 Å². The normalized spacial score (nSPS) is 17.6. The number of thioether (sulfide) groups is 1. The van der Waals surface area contributed by atoms with Crippen LogP contribution in [0.1, 0.15) is 69.7 Å². The summed E-state index contributed by atoms with van der Waals surface area (Å²) >= 11 is 1.88. The highest BCUT2D eigenvalue weighted by Gasteiger charge is 2.45. The van der Waals surface area contributed by atoms with Gasteiger partial charge in [-0.15, -0.1) is 11.8 Å². The predicted octanol–water partition coefficient (Wildman–Crippen LogP) is 8.12. The number of benzene rings is 4. The number of carbonyl (C=O) groups is 2. The van der Waals surface area contributed by atoms with Gasteiger partial charge in [-0.1, -0.05) is 129 Å². The number of aromatic hydroxyl groups is 1. The molecule has 1 aliphatic rings. The molecule has 4 aromatic rings. The van der Waals surface area contributed by atoms with Crippen molar-refractivity contribution in [3.05, 3.63) is 138 Å². The summed E-state index contributed by atoms with van der Waals surface area (Å²) in [4.78, 5) is 29.3. The molecule has 0 unspecified atom stereocenters. The Kier molecular flexibility index (Phi) is 12.3. The molecule has 0 aromatic heterocycles. The number of likely N-dealkylation sites (tertiary alicyclic amines) is 1. The summed E-state index contributed by atoms with van der Waals surface area (Å²) in [5.74, 6) is 0.0651. The van der Waals surface area contributed by atoms with Gasteiger partial charge in [-0.05, 0) is 55.9 Å². The van der Waals surface area contributed by atoms with E-state index in [2.05, 4.69) is 97.3 Å². The number of nitrogens with zero attached hydrogens (tertiary/aromatic N) is 1. The van der Waals surface area contributed by atoms with Gasteiger partial charge in [0.2, 0.25) is 5.91 Å². The van der Waals surface area contributed by atoms with Crippen LogP contribution in [0.2, 0.25) is 0 Å². The van der Waals surface area contributed by atoms with Crippen LogP contribution in [0.25, 0.3) is 0 Å². The number of amides is 2. The third-order valence-electron chi connectivity index (χ3n) is 9.40. The van der Waals surface area contributed by atoms with Gasteiger partial charge in [0.15, 0.2) is 0 Å². The zero-order chi connectivity index (χ0) is 35.7. The first kappa shape index (κ1) is 37.0. The SMILES string of the molecule is CC[C@H](C)[C@H](NC[C@H]1C[C@@H](SC(c2ccccc2)(c2ccccc2)c2ccccc2)CN1C(=O)OC(C)(C)C)C(=O)NCc1ccccc1O. The maximum Gasteiger partial charge on any atom is 0.410 e. The lowest BCUT2D eigenvalue weighted by Crippen LogP contribution is -2.52. The van der Waals surface area contributed by atoms with Crippen LogP contribution in [0.4, 0.5) is 4.79 Å². The van der Waals surface area contributed by atoms with Crippen molar-refractivity contribution < 1.29 is 19.4 Å². The van der Waals surface area contributed by atoms with E-state index in [-0.39, 0.29) is 41.5 Å². The Morgan fingerprint density at radius 2 is 1.38 bits per heavy atom. The van der Waals surface area contributed by atoms with Crippen molar-refractivity contribution in [2.75, 3.05) is 13.1 Å². The summed E-state index contributed by atoms with van der Waals surface area (Å²) in [7, 11) is 0. The van der Waals surface area contributed by atoms with Crippen molar-refractivity contribution in [1.29, 1.82) is 0 Å². The molecule has 3 N–H and O–H groups in total. The fourth-order valence-electron chi connectivity index (χ4n) is 6.67. The number of hydrogen-bond acceptors (Lipinski definition) is 6. The molecule has 8 heteroatoms. The third kappa shape index (κ3) is 8.90. The van der Waals surface area contributed by atoms with E-state index in [1.807, 2.05) is 61.7 Å². The second-order valence-electron chi connectivity index (χ2n) is 14.2. The summed E-state index contributed by atoms with van der Waals surface area (Å²) in [6.07, 6.45) is 1.17. The molecule has 7 nitrogen and oxygen atoms in total. The van der Waals surface area contributed by atoms with Gasteiger partial charge in [-0.3, -0.25) is 4.79 Å².